The number of fused-ring (bicyclic) bond motifs is 2. The van der Waals surface area contributed by atoms with Crippen LogP contribution in [0.15, 0.2) is 18.2 Å². The van der Waals surface area contributed by atoms with E-state index in [1.165, 1.54) is 6.42 Å². The fraction of sp³-hybridized carbons (Fsp3) is 0.588. The smallest absolute Gasteiger partial charge is 0.170 e. The number of Topliss-reactive ketones (excluding diaryl/α,β-unsaturated/α-hetero) is 1. The van der Waals surface area contributed by atoms with E-state index in [1.54, 1.807) is 12.1 Å². The van der Waals surface area contributed by atoms with Gasteiger partial charge in [0.2, 0.25) is 0 Å². The van der Waals surface area contributed by atoms with Gasteiger partial charge in [-0.1, -0.05) is 30.1 Å². The molecule has 114 valence electrons. The molecule has 21 heavy (non-hydrogen) atoms. The second kappa shape index (κ2) is 5.57. The predicted molar refractivity (Wildman–Crippen MR) is 87.3 cm³/mol. The molecule has 2 aliphatic heterocycles. The topological polar surface area (TPSA) is 20.3 Å². The number of halogens is 2. The summed E-state index contributed by atoms with van der Waals surface area (Å²) in [5, 5.41) is 0.961. The van der Waals surface area contributed by atoms with Crippen molar-refractivity contribution in [2.75, 3.05) is 7.05 Å². The van der Waals surface area contributed by atoms with Crippen LogP contribution in [-0.4, -0.2) is 29.8 Å². The molecule has 2 aliphatic rings. The van der Waals surface area contributed by atoms with Gasteiger partial charge in [0.05, 0.1) is 10.0 Å². The van der Waals surface area contributed by atoms with Crippen LogP contribution < -0.4 is 0 Å². The summed E-state index contributed by atoms with van der Waals surface area (Å²) in [6.45, 7) is 2.14. The average Bonchev–Trinajstić information content (AvgIpc) is 2.74. The number of nitrogens with zero attached hydrogens (tertiary/aromatic N) is 1. The fourth-order valence-corrected chi connectivity index (χ4v) is 4.68. The Labute approximate surface area is 136 Å². The van der Waals surface area contributed by atoms with E-state index in [0.29, 0.717) is 27.7 Å². The van der Waals surface area contributed by atoms with Crippen LogP contribution in [0.4, 0.5) is 0 Å². The molecule has 2 nitrogen and oxygen atoms in total. The molecule has 2 fully saturated rings. The number of hydrogen-bond donors (Lipinski definition) is 0. The first-order chi connectivity index (χ1) is 9.99. The molecular weight excluding hydrogens is 305 g/mol. The second-order valence-electron chi connectivity index (χ2n) is 6.42. The van der Waals surface area contributed by atoms with E-state index in [1.807, 2.05) is 6.07 Å². The van der Waals surface area contributed by atoms with E-state index in [4.69, 9.17) is 23.2 Å². The highest BCUT2D eigenvalue weighted by Crippen LogP contribution is 2.49. The lowest BCUT2D eigenvalue weighted by molar-refractivity contribution is 0.0281. The molecule has 0 unspecified atom stereocenters. The Kier molecular flexibility index (Phi) is 4.06. The van der Waals surface area contributed by atoms with Crippen LogP contribution in [0.5, 0.6) is 0 Å². The monoisotopic (exact) mass is 325 g/mol. The van der Waals surface area contributed by atoms with Crippen LogP contribution in [-0.2, 0) is 0 Å². The number of rotatable bonds is 3. The zero-order chi connectivity index (χ0) is 15.2. The molecular formula is C17H21Cl2NO. The van der Waals surface area contributed by atoms with Gasteiger partial charge in [0.15, 0.2) is 5.78 Å². The molecule has 2 saturated heterocycles. The van der Waals surface area contributed by atoms with Gasteiger partial charge in [-0.25, -0.2) is 0 Å². The van der Waals surface area contributed by atoms with Crippen LogP contribution in [0, 0.1) is 5.41 Å². The number of ketones is 1. The third-order valence-electron chi connectivity index (χ3n) is 5.67. The molecule has 0 saturated carbocycles. The van der Waals surface area contributed by atoms with Crippen molar-refractivity contribution in [2.45, 2.75) is 51.1 Å². The highest BCUT2D eigenvalue weighted by molar-refractivity contribution is 6.42. The molecule has 2 bridgehead atoms. The van der Waals surface area contributed by atoms with Gasteiger partial charge in [-0.15, -0.1) is 0 Å². The highest BCUT2D eigenvalue weighted by Gasteiger charge is 2.53. The van der Waals surface area contributed by atoms with E-state index < -0.39 is 0 Å². The molecule has 4 heteroatoms. The Hall–Kier alpha value is -0.570. The minimum Gasteiger partial charge on any atom is -0.299 e. The van der Waals surface area contributed by atoms with Crippen molar-refractivity contribution < 1.29 is 4.79 Å². The maximum Gasteiger partial charge on any atom is 0.170 e. The van der Waals surface area contributed by atoms with E-state index in [0.717, 1.165) is 25.7 Å². The summed E-state index contributed by atoms with van der Waals surface area (Å²) < 4.78 is 0. The quantitative estimate of drug-likeness (QED) is 0.742. The number of carbonyl (C=O) groups excluding carboxylic acids is 1. The molecule has 0 aliphatic carbocycles. The van der Waals surface area contributed by atoms with Crippen LogP contribution in [0.1, 0.15) is 49.4 Å². The third-order valence-corrected chi connectivity index (χ3v) is 6.41. The molecule has 3 rings (SSSR count). The Morgan fingerprint density at radius 2 is 2.05 bits per heavy atom. The lowest BCUT2D eigenvalue weighted by Gasteiger charge is -2.46. The second-order valence-corrected chi connectivity index (χ2v) is 7.23. The molecule has 0 N–H and O–H groups in total. The minimum absolute atomic E-state index is 0.237. The molecule has 1 aromatic rings. The number of carbonyl (C=O) groups is 1. The first-order valence-corrected chi connectivity index (χ1v) is 8.47. The van der Waals surface area contributed by atoms with Crippen LogP contribution in [0.3, 0.4) is 0 Å². The van der Waals surface area contributed by atoms with Gasteiger partial charge >= 0.3 is 0 Å². The van der Waals surface area contributed by atoms with Crippen molar-refractivity contribution in [3.8, 4) is 0 Å². The summed E-state index contributed by atoms with van der Waals surface area (Å²) in [4.78, 5) is 15.7. The zero-order valence-corrected chi connectivity index (χ0v) is 14.0. The normalized spacial score (nSPS) is 32.4. The van der Waals surface area contributed by atoms with Crippen molar-refractivity contribution in [2.24, 2.45) is 5.41 Å². The summed E-state index contributed by atoms with van der Waals surface area (Å²) >= 11 is 12.1. The van der Waals surface area contributed by atoms with Crippen molar-refractivity contribution in [3.63, 3.8) is 0 Å². The number of piperidine rings is 1. The maximum absolute atomic E-state index is 13.2. The van der Waals surface area contributed by atoms with E-state index >= 15 is 0 Å². The summed E-state index contributed by atoms with van der Waals surface area (Å²) in [7, 11) is 2.17. The summed E-state index contributed by atoms with van der Waals surface area (Å²) in [5.74, 6) is 0.237. The molecule has 0 amide bonds. The van der Waals surface area contributed by atoms with Crippen LogP contribution in [0.25, 0.3) is 0 Å². The van der Waals surface area contributed by atoms with Gasteiger partial charge in [-0.05, 0) is 57.4 Å². The largest absolute Gasteiger partial charge is 0.299 e. The summed E-state index contributed by atoms with van der Waals surface area (Å²) in [6, 6.07) is 6.30. The average molecular weight is 326 g/mol. The van der Waals surface area contributed by atoms with E-state index in [2.05, 4.69) is 18.9 Å². The summed E-state index contributed by atoms with van der Waals surface area (Å²) in [5.41, 5.74) is 0.434. The van der Waals surface area contributed by atoms with E-state index in [9.17, 15) is 4.79 Å². The standard InChI is InChI=1S/C17H21Cl2NO/c1-3-17(9-8-12-5-7-15(17)20(12)2)16(21)11-4-6-13(18)14(19)10-11/h4,6,10,12,15H,3,5,7-9H2,1-2H3/t12-,15+,17+/m0/s1. The van der Waals surface area contributed by atoms with Crippen molar-refractivity contribution in [1.82, 2.24) is 4.90 Å². The van der Waals surface area contributed by atoms with E-state index in [-0.39, 0.29) is 11.2 Å². The van der Waals surface area contributed by atoms with Crippen LogP contribution >= 0.6 is 23.2 Å². The predicted octanol–water partition coefficient (Wildman–Crippen LogP) is 4.83. The maximum atomic E-state index is 13.2. The summed E-state index contributed by atoms with van der Waals surface area (Å²) in [6.07, 6.45) is 5.34. The Bertz CT molecular complexity index is 574. The lowest BCUT2D eigenvalue weighted by Crippen LogP contribution is -2.53. The molecule has 1 aromatic carbocycles. The van der Waals surface area contributed by atoms with Gasteiger partial charge in [0.25, 0.3) is 0 Å². The molecule has 2 heterocycles. The van der Waals surface area contributed by atoms with Crippen molar-refractivity contribution in [3.05, 3.63) is 33.8 Å². The minimum atomic E-state index is -0.265. The third kappa shape index (κ3) is 2.32. The number of benzene rings is 1. The Morgan fingerprint density at radius 3 is 2.71 bits per heavy atom. The van der Waals surface area contributed by atoms with Gasteiger partial charge in [0, 0.05) is 23.1 Å². The molecule has 0 radical (unpaired) electrons. The SMILES string of the molecule is CC[C@@]1(C(=O)c2ccc(Cl)c(Cl)c2)CC[C@@H]2CC[C@H]1N2C. The number of hydrogen-bond acceptors (Lipinski definition) is 2. The Morgan fingerprint density at radius 1 is 1.29 bits per heavy atom. The Balaban J connectivity index is 1.98. The fourth-order valence-electron chi connectivity index (χ4n) is 4.38. The highest BCUT2D eigenvalue weighted by atomic mass is 35.5. The molecule has 0 aromatic heterocycles. The first-order valence-electron chi connectivity index (χ1n) is 7.71. The van der Waals surface area contributed by atoms with Gasteiger partial charge in [-0.2, -0.15) is 0 Å². The van der Waals surface area contributed by atoms with Gasteiger partial charge in [-0.3, -0.25) is 9.69 Å². The lowest BCUT2D eigenvalue weighted by atomic mass is 9.67. The first kappa shape index (κ1) is 15.3. The molecule has 3 atom stereocenters. The van der Waals surface area contributed by atoms with Gasteiger partial charge < -0.3 is 0 Å². The zero-order valence-electron chi connectivity index (χ0n) is 12.5. The van der Waals surface area contributed by atoms with Gasteiger partial charge in [0.1, 0.15) is 0 Å². The molecule has 0 spiro atoms. The van der Waals surface area contributed by atoms with Crippen molar-refractivity contribution in [1.29, 1.82) is 0 Å². The van der Waals surface area contributed by atoms with Crippen molar-refractivity contribution >= 4 is 29.0 Å². The van der Waals surface area contributed by atoms with Crippen LogP contribution in [0.2, 0.25) is 10.0 Å².